The van der Waals surface area contributed by atoms with Crippen molar-refractivity contribution in [1.82, 2.24) is 9.78 Å². The topological polar surface area (TPSA) is 55.1 Å². The van der Waals surface area contributed by atoms with Gasteiger partial charge in [0.05, 0.1) is 23.3 Å². The molecule has 0 radical (unpaired) electrons. The number of carbonyl (C=O) groups is 1. The zero-order valence-electron chi connectivity index (χ0n) is 8.60. The predicted octanol–water partition coefficient (Wildman–Crippen LogP) is 2.81. The van der Waals surface area contributed by atoms with E-state index in [-0.39, 0.29) is 11.6 Å². The SMILES string of the molecule is O=C(O)Cc1cnn(-c2ccccc2Cl)c1Cl. The van der Waals surface area contributed by atoms with Gasteiger partial charge in [0.25, 0.3) is 0 Å². The monoisotopic (exact) mass is 270 g/mol. The molecule has 0 atom stereocenters. The third-order valence-electron chi connectivity index (χ3n) is 2.20. The summed E-state index contributed by atoms with van der Waals surface area (Å²) < 4.78 is 1.42. The maximum Gasteiger partial charge on any atom is 0.307 e. The van der Waals surface area contributed by atoms with Crippen molar-refractivity contribution in [1.29, 1.82) is 0 Å². The van der Waals surface area contributed by atoms with Gasteiger partial charge >= 0.3 is 5.97 Å². The van der Waals surface area contributed by atoms with Crippen LogP contribution in [0.1, 0.15) is 5.56 Å². The van der Waals surface area contributed by atoms with Crippen molar-refractivity contribution in [3.05, 3.63) is 46.2 Å². The van der Waals surface area contributed by atoms with Crippen molar-refractivity contribution in [3.63, 3.8) is 0 Å². The van der Waals surface area contributed by atoms with Gasteiger partial charge in [0.1, 0.15) is 5.15 Å². The minimum absolute atomic E-state index is 0.163. The molecule has 17 heavy (non-hydrogen) atoms. The van der Waals surface area contributed by atoms with E-state index in [1.807, 2.05) is 0 Å². The van der Waals surface area contributed by atoms with E-state index in [0.29, 0.717) is 16.3 Å². The molecule has 0 saturated carbocycles. The second-order valence-corrected chi connectivity index (χ2v) is 4.16. The average molecular weight is 271 g/mol. The van der Waals surface area contributed by atoms with Crippen LogP contribution in [-0.4, -0.2) is 20.9 Å². The summed E-state index contributed by atoms with van der Waals surface area (Å²) in [5.41, 5.74) is 1.08. The number of hydrogen-bond acceptors (Lipinski definition) is 2. The number of carboxylic acid groups (broad SMARTS) is 1. The largest absolute Gasteiger partial charge is 0.481 e. The summed E-state index contributed by atoms with van der Waals surface area (Å²) in [6, 6.07) is 7.06. The van der Waals surface area contributed by atoms with Gasteiger partial charge in [-0.2, -0.15) is 5.10 Å². The van der Waals surface area contributed by atoms with Crippen molar-refractivity contribution in [2.75, 3.05) is 0 Å². The standard InChI is InChI=1S/C11H8Cl2N2O2/c12-8-3-1-2-4-9(8)15-11(13)7(6-14-15)5-10(16)17/h1-4,6H,5H2,(H,16,17). The lowest BCUT2D eigenvalue weighted by Gasteiger charge is -2.05. The second-order valence-electron chi connectivity index (χ2n) is 3.39. The van der Waals surface area contributed by atoms with E-state index in [0.717, 1.165) is 0 Å². The first kappa shape index (κ1) is 12.0. The Kier molecular flexibility index (Phi) is 3.36. The maximum absolute atomic E-state index is 10.6. The fraction of sp³-hybridized carbons (Fsp3) is 0.0909. The molecule has 88 valence electrons. The van der Waals surface area contributed by atoms with E-state index in [1.54, 1.807) is 24.3 Å². The molecule has 1 aromatic carbocycles. The number of carboxylic acids is 1. The molecule has 4 nitrogen and oxygen atoms in total. The Morgan fingerprint density at radius 1 is 1.35 bits per heavy atom. The van der Waals surface area contributed by atoms with Crippen LogP contribution in [0.5, 0.6) is 0 Å². The van der Waals surface area contributed by atoms with Crippen LogP contribution < -0.4 is 0 Å². The molecule has 0 fully saturated rings. The van der Waals surface area contributed by atoms with Crippen LogP contribution in [0, 0.1) is 0 Å². The molecule has 2 rings (SSSR count). The molecule has 0 aliphatic carbocycles. The Labute approximate surface area is 107 Å². The zero-order valence-corrected chi connectivity index (χ0v) is 10.1. The van der Waals surface area contributed by atoms with Crippen LogP contribution in [0.2, 0.25) is 10.2 Å². The highest BCUT2D eigenvalue weighted by molar-refractivity contribution is 6.33. The third-order valence-corrected chi connectivity index (χ3v) is 2.92. The van der Waals surface area contributed by atoms with Gasteiger partial charge in [0.2, 0.25) is 0 Å². The Balaban J connectivity index is 2.44. The highest BCUT2D eigenvalue weighted by Crippen LogP contribution is 2.25. The van der Waals surface area contributed by atoms with E-state index >= 15 is 0 Å². The summed E-state index contributed by atoms with van der Waals surface area (Å²) in [4.78, 5) is 10.6. The molecule has 0 unspecified atom stereocenters. The highest BCUT2D eigenvalue weighted by atomic mass is 35.5. The summed E-state index contributed by atoms with van der Waals surface area (Å²) in [6.45, 7) is 0. The molecule has 0 aliphatic heterocycles. The number of aromatic nitrogens is 2. The molecule has 0 spiro atoms. The molecule has 0 aliphatic rings. The molecule has 0 bridgehead atoms. The fourth-order valence-corrected chi connectivity index (χ4v) is 1.91. The van der Waals surface area contributed by atoms with Crippen LogP contribution in [0.3, 0.4) is 0 Å². The average Bonchev–Trinajstić information content (AvgIpc) is 2.61. The van der Waals surface area contributed by atoms with E-state index in [1.165, 1.54) is 10.9 Å². The highest BCUT2D eigenvalue weighted by Gasteiger charge is 2.14. The summed E-state index contributed by atoms with van der Waals surface area (Å²) >= 11 is 12.1. The van der Waals surface area contributed by atoms with Crippen molar-refractivity contribution in [2.45, 2.75) is 6.42 Å². The summed E-state index contributed by atoms with van der Waals surface area (Å²) in [5, 5.41) is 13.5. The van der Waals surface area contributed by atoms with Gasteiger partial charge in [-0.05, 0) is 12.1 Å². The van der Waals surface area contributed by atoms with Crippen molar-refractivity contribution in [2.24, 2.45) is 0 Å². The number of halogens is 2. The maximum atomic E-state index is 10.6. The fourth-order valence-electron chi connectivity index (χ4n) is 1.44. The Morgan fingerprint density at radius 3 is 2.71 bits per heavy atom. The zero-order chi connectivity index (χ0) is 12.4. The Morgan fingerprint density at radius 2 is 2.06 bits per heavy atom. The van der Waals surface area contributed by atoms with Crippen LogP contribution in [0.25, 0.3) is 5.69 Å². The summed E-state index contributed by atoms with van der Waals surface area (Å²) in [7, 11) is 0. The van der Waals surface area contributed by atoms with Gasteiger partial charge in [0, 0.05) is 5.56 Å². The number of rotatable bonds is 3. The van der Waals surface area contributed by atoms with Gasteiger partial charge in [-0.25, -0.2) is 4.68 Å². The van der Waals surface area contributed by atoms with Gasteiger partial charge in [-0.1, -0.05) is 35.3 Å². The van der Waals surface area contributed by atoms with Crippen LogP contribution >= 0.6 is 23.2 Å². The molecular weight excluding hydrogens is 263 g/mol. The smallest absolute Gasteiger partial charge is 0.307 e. The van der Waals surface area contributed by atoms with E-state index in [2.05, 4.69) is 5.10 Å². The first-order valence-corrected chi connectivity index (χ1v) is 5.54. The minimum atomic E-state index is -0.953. The lowest BCUT2D eigenvalue weighted by molar-refractivity contribution is -0.136. The number of para-hydroxylation sites is 1. The summed E-state index contributed by atoms with van der Waals surface area (Å²) in [5.74, 6) is -0.953. The molecular formula is C11H8Cl2N2O2. The molecule has 1 N–H and O–H groups in total. The van der Waals surface area contributed by atoms with Gasteiger partial charge < -0.3 is 5.11 Å². The van der Waals surface area contributed by atoms with Crippen molar-refractivity contribution < 1.29 is 9.90 Å². The van der Waals surface area contributed by atoms with Gasteiger partial charge in [-0.15, -0.1) is 0 Å². The lowest BCUT2D eigenvalue weighted by atomic mass is 10.2. The third kappa shape index (κ3) is 2.43. The molecule has 1 aromatic heterocycles. The quantitative estimate of drug-likeness (QED) is 0.933. The molecule has 0 saturated heterocycles. The molecule has 2 aromatic rings. The molecule has 0 amide bonds. The van der Waals surface area contributed by atoms with Gasteiger partial charge in [-0.3, -0.25) is 4.79 Å². The van der Waals surface area contributed by atoms with E-state index < -0.39 is 5.97 Å². The number of aliphatic carboxylic acids is 1. The molecule has 1 heterocycles. The van der Waals surface area contributed by atoms with Crippen LogP contribution in [-0.2, 0) is 11.2 Å². The second kappa shape index (κ2) is 4.77. The Hall–Kier alpha value is -1.52. The molecule has 6 heteroatoms. The van der Waals surface area contributed by atoms with Crippen LogP contribution in [0.15, 0.2) is 30.5 Å². The number of nitrogens with zero attached hydrogens (tertiary/aromatic N) is 2. The first-order valence-electron chi connectivity index (χ1n) is 4.78. The Bertz CT molecular complexity index is 566. The van der Waals surface area contributed by atoms with Crippen LogP contribution in [0.4, 0.5) is 0 Å². The summed E-state index contributed by atoms with van der Waals surface area (Å²) in [6.07, 6.45) is 1.27. The van der Waals surface area contributed by atoms with Gasteiger partial charge in [0.15, 0.2) is 0 Å². The minimum Gasteiger partial charge on any atom is -0.481 e. The normalized spacial score (nSPS) is 10.5. The van der Waals surface area contributed by atoms with Crippen molar-refractivity contribution in [3.8, 4) is 5.69 Å². The number of hydrogen-bond donors (Lipinski definition) is 1. The van der Waals surface area contributed by atoms with E-state index in [9.17, 15) is 4.79 Å². The lowest BCUT2D eigenvalue weighted by Crippen LogP contribution is -2.01. The first-order chi connectivity index (χ1) is 8.09. The van der Waals surface area contributed by atoms with Crippen molar-refractivity contribution >= 4 is 29.2 Å². The number of benzene rings is 1. The van der Waals surface area contributed by atoms with E-state index in [4.69, 9.17) is 28.3 Å². The predicted molar refractivity (Wildman–Crippen MR) is 64.9 cm³/mol.